The number of carbonyl (C=O) groups is 1. The SMILES string of the molecule is CCN(C(=O)c1cc(C)nc(Nc2ccc(C)cc2)n1)c1ccccc1. The number of nitrogens with zero attached hydrogens (tertiary/aromatic N) is 3. The first-order chi connectivity index (χ1) is 12.6. The van der Waals surface area contributed by atoms with Crippen LogP contribution < -0.4 is 10.2 Å². The number of anilines is 3. The summed E-state index contributed by atoms with van der Waals surface area (Å²) in [7, 11) is 0. The van der Waals surface area contributed by atoms with E-state index in [0.717, 1.165) is 17.1 Å². The topological polar surface area (TPSA) is 58.1 Å². The lowest BCUT2D eigenvalue weighted by Gasteiger charge is -2.21. The average molecular weight is 346 g/mol. The van der Waals surface area contributed by atoms with Crippen LogP contribution in [0.25, 0.3) is 0 Å². The Labute approximate surface area is 153 Å². The second kappa shape index (κ2) is 7.78. The van der Waals surface area contributed by atoms with Gasteiger partial charge in [0.1, 0.15) is 5.69 Å². The number of benzene rings is 2. The summed E-state index contributed by atoms with van der Waals surface area (Å²) in [6.07, 6.45) is 0. The zero-order valence-electron chi connectivity index (χ0n) is 15.2. The van der Waals surface area contributed by atoms with E-state index >= 15 is 0 Å². The Balaban J connectivity index is 1.88. The molecule has 1 aromatic heterocycles. The minimum atomic E-state index is -0.142. The molecule has 0 atom stereocenters. The fraction of sp³-hybridized carbons (Fsp3) is 0.190. The number of para-hydroxylation sites is 1. The summed E-state index contributed by atoms with van der Waals surface area (Å²) in [5.41, 5.74) is 4.03. The summed E-state index contributed by atoms with van der Waals surface area (Å²) in [5, 5.41) is 3.17. The number of rotatable bonds is 5. The molecule has 0 aliphatic carbocycles. The second-order valence-electron chi connectivity index (χ2n) is 6.09. The molecule has 0 unspecified atom stereocenters. The smallest absolute Gasteiger partial charge is 0.277 e. The van der Waals surface area contributed by atoms with Crippen LogP contribution in [0.5, 0.6) is 0 Å². The molecule has 5 heteroatoms. The molecule has 0 bridgehead atoms. The van der Waals surface area contributed by atoms with Crippen LogP contribution in [0.4, 0.5) is 17.3 Å². The third kappa shape index (κ3) is 4.06. The van der Waals surface area contributed by atoms with Crippen LogP contribution in [0.3, 0.4) is 0 Å². The molecule has 1 heterocycles. The molecule has 0 saturated carbocycles. The normalized spacial score (nSPS) is 10.4. The summed E-state index contributed by atoms with van der Waals surface area (Å²) in [4.78, 5) is 23.5. The lowest BCUT2D eigenvalue weighted by molar-refractivity contribution is 0.0983. The molecule has 0 saturated heterocycles. The van der Waals surface area contributed by atoms with E-state index in [-0.39, 0.29) is 5.91 Å². The number of hydrogen-bond donors (Lipinski definition) is 1. The van der Waals surface area contributed by atoms with Gasteiger partial charge in [0.05, 0.1) is 0 Å². The van der Waals surface area contributed by atoms with Crippen molar-refractivity contribution in [2.45, 2.75) is 20.8 Å². The Hall–Kier alpha value is -3.21. The summed E-state index contributed by atoms with van der Waals surface area (Å²) >= 11 is 0. The highest BCUT2D eigenvalue weighted by Gasteiger charge is 2.18. The van der Waals surface area contributed by atoms with E-state index in [0.29, 0.717) is 18.2 Å². The first-order valence-electron chi connectivity index (χ1n) is 8.63. The third-order valence-corrected chi connectivity index (χ3v) is 4.01. The van der Waals surface area contributed by atoms with Gasteiger partial charge in [0, 0.05) is 23.6 Å². The lowest BCUT2D eigenvalue weighted by Crippen LogP contribution is -2.31. The van der Waals surface area contributed by atoms with Gasteiger partial charge < -0.3 is 10.2 Å². The van der Waals surface area contributed by atoms with Crippen LogP contribution >= 0.6 is 0 Å². The molecular formula is C21H22N4O. The van der Waals surface area contributed by atoms with Crippen LogP contribution in [0.1, 0.15) is 28.7 Å². The molecule has 1 amide bonds. The van der Waals surface area contributed by atoms with Gasteiger partial charge in [-0.05, 0) is 51.1 Å². The highest BCUT2D eigenvalue weighted by molar-refractivity contribution is 6.05. The maximum absolute atomic E-state index is 13.0. The summed E-state index contributed by atoms with van der Waals surface area (Å²) in [6.45, 7) is 6.40. The number of amides is 1. The van der Waals surface area contributed by atoms with E-state index in [9.17, 15) is 4.79 Å². The van der Waals surface area contributed by atoms with Gasteiger partial charge >= 0.3 is 0 Å². The first-order valence-corrected chi connectivity index (χ1v) is 8.63. The van der Waals surface area contributed by atoms with Gasteiger partial charge in [0.2, 0.25) is 5.95 Å². The Morgan fingerprint density at radius 1 is 1.00 bits per heavy atom. The molecule has 1 N–H and O–H groups in total. The van der Waals surface area contributed by atoms with Crippen LogP contribution in [0.15, 0.2) is 60.7 Å². The Kier molecular flexibility index (Phi) is 5.27. The Morgan fingerprint density at radius 3 is 2.35 bits per heavy atom. The molecule has 0 aliphatic heterocycles. The molecule has 0 aliphatic rings. The highest BCUT2D eigenvalue weighted by atomic mass is 16.2. The third-order valence-electron chi connectivity index (χ3n) is 4.01. The van der Waals surface area contributed by atoms with Gasteiger partial charge in [0.15, 0.2) is 0 Å². The number of aryl methyl sites for hydroxylation is 2. The van der Waals surface area contributed by atoms with E-state index in [1.165, 1.54) is 5.56 Å². The van der Waals surface area contributed by atoms with Crippen molar-refractivity contribution in [2.24, 2.45) is 0 Å². The van der Waals surface area contributed by atoms with Crippen LogP contribution in [0.2, 0.25) is 0 Å². The van der Waals surface area contributed by atoms with Crippen LogP contribution in [-0.2, 0) is 0 Å². The zero-order chi connectivity index (χ0) is 18.5. The number of carbonyl (C=O) groups excluding carboxylic acids is 1. The van der Waals surface area contributed by atoms with Crippen LogP contribution in [-0.4, -0.2) is 22.4 Å². The molecule has 0 radical (unpaired) electrons. The van der Waals surface area contributed by atoms with Gasteiger partial charge in [0.25, 0.3) is 5.91 Å². The Bertz CT molecular complexity index is 892. The maximum Gasteiger partial charge on any atom is 0.277 e. The molecule has 26 heavy (non-hydrogen) atoms. The fourth-order valence-electron chi connectivity index (χ4n) is 2.69. The number of aromatic nitrogens is 2. The van der Waals surface area contributed by atoms with E-state index < -0.39 is 0 Å². The monoisotopic (exact) mass is 346 g/mol. The van der Waals surface area contributed by atoms with Crippen molar-refractivity contribution >= 4 is 23.2 Å². The minimum Gasteiger partial charge on any atom is -0.324 e. The number of nitrogens with one attached hydrogen (secondary N) is 1. The quantitative estimate of drug-likeness (QED) is 0.739. The molecule has 0 spiro atoms. The highest BCUT2D eigenvalue weighted by Crippen LogP contribution is 2.18. The van der Waals surface area contributed by atoms with Crippen molar-refractivity contribution < 1.29 is 4.79 Å². The van der Waals surface area contributed by atoms with Gasteiger partial charge in [-0.3, -0.25) is 4.79 Å². The van der Waals surface area contributed by atoms with E-state index in [1.54, 1.807) is 11.0 Å². The first kappa shape index (κ1) is 17.6. The van der Waals surface area contributed by atoms with Crippen molar-refractivity contribution in [1.82, 2.24) is 9.97 Å². The average Bonchev–Trinajstić information content (AvgIpc) is 2.64. The summed E-state index contributed by atoms with van der Waals surface area (Å²) < 4.78 is 0. The summed E-state index contributed by atoms with van der Waals surface area (Å²) in [6, 6.07) is 19.3. The zero-order valence-corrected chi connectivity index (χ0v) is 15.2. The molecule has 2 aromatic carbocycles. The molecule has 3 rings (SSSR count). The lowest BCUT2D eigenvalue weighted by atomic mass is 10.2. The van der Waals surface area contributed by atoms with Crippen molar-refractivity contribution in [3.8, 4) is 0 Å². The largest absolute Gasteiger partial charge is 0.324 e. The van der Waals surface area contributed by atoms with Crippen molar-refractivity contribution in [1.29, 1.82) is 0 Å². The summed E-state index contributed by atoms with van der Waals surface area (Å²) in [5.74, 6) is 0.275. The predicted molar refractivity (Wildman–Crippen MR) is 105 cm³/mol. The Morgan fingerprint density at radius 2 is 1.69 bits per heavy atom. The molecular weight excluding hydrogens is 324 g/mol. The van der Waals surface area contributed by atoms with Crippen molar-refractivity contribution in [2.75, 3.05) is 16.8 Å². The van der Waals surface area contributed by atoms with Gasteiger partial charge in [-0.25, -0.2) is 9.97 Å². The van der Waals surface area contributed by atoms with Crippen molar-refractivity contribution in [3.63, 3.8) is 0 Å². The maximum atomic E-state index is 13.0. The molecule has 0 fully saturated rings. The van der Waals surface area contributed by atoms with Gasteiger partial charge in [-0.2, -0.15) is 0 Å². The standard InChI is InChI=1S/C21H22N4O/c1-4-25(18-8-6-5-7-9-18)20(26)19-14-16(3)22-21(24-19)23-17-12-10-15(2)11-13-17/h5-14H,4H2,1-3H3,(H,22,23,24). The van der Waals surface area contributed by atoms with Gasteiger partial charge in [-0.15, -0.1) is 0 Å². The van der Waals surface area contributed by atoms with E-state index in [4.69, 9.17) is 0 Å². The van der Waals surface area contributed by atoms with Crippen LogP contribution in [0, 0.1) is 13.8 Å². The van der Waals surface area contributed by atoms with Crippen molar-refractivity contribution in [3.05, 3.63) is 77.6 Å². The van der Waals surface area contributed by atoms with E-state index in [2.05, 4.69) is 15.3 Å². The second-order valence-corrected chi connectivity index (χ2v) is 6.09. The fourth-order valence-corrected chi connectivity index (χ4v) is 2.69. The molecule has 5 nitrogen and oxygen atoms in total. The molecule has 3 aromatic rings. The predicted octanol–water partition coefficient (Wildman–Crippen LogP) is 4.50. The minimum absolute atomic E-state index is 0.142. The molecule has 132 valence electrons. The number of hydrogen-bond acceptors (Lipinski definition) is 4. The van der Waals surface area contributed by atoms with E-state index in [1.807, 2.05) is 75.4 Å². The van der Waals surface area contributed by atoms with Gasteiger partial charge in [-0.1, -0.05) is 35.9 Å².